The van der Waals surface area contributed by atoms with Crippen LogP contribution in [0.2, 0.25) is 0 Å². The minimum absolute atomic E-state index is 0.100. The van der Waals surface area contributed by atoms with E-state index in [0.717, 1.165) is 39.0 Å². The summed E-state index contributed by atoms with van der Waals surface area (Å²) in [4.78, 5) is 33.2. The first kappa shape index (κ1) is 17.7. The van der Waals surface area contributed by atoms with Crippen LogP contribution in [0.25, 0.3) is 0 Å². The number of nitrogens with zero attached hydrogens (tertiary/aromatic N) is 6. The van der Waals surface area contributed by atoms with Crippen molar-refractivity contribution in [2.45, 2.75) is 25.7 Å². The van der Waals surface area contributed by atoms with Gasteiger partial charge in [-0.2, -0.15) is 0 Å². The van der Waals surface area contributed by atoms with E-state index in [4.69, 9.17) is 0 Å². The summed E-state index contributed by atoms with van der Waals surface area (Å²) in [5.41, 5.74) is 0. The van der Waals surface area contributed by atoms with E-state index in [1.54, 1.807) is 11.6 Å². The number of carbonyl (C=O) groups is 1. The van der Waals surface area contributed by atoms with Gasteiger partial charge in [0.2, 0.25) is 18.1 Å². The summed E-state index contributed by atoms with van der Waals surface area (Å²) in [7, 11) is 1.77. The average molecular weight is 350 g/mol. The lowest BCUT2D eigenvalue weighted by Gasteiger charge is -2.35. The Hall–Kier alpha value is -2.16. The fourth-order valence-electron chi connectivity index (χ4n) is 3.63. The van der Waals surface area contributed by atoms with E-state index < -0.39 is 4.92 Å². The largest absolute Gasteiger partial charge is 0.406 e. The van der Waals surface area contributed by atoms with E-state index in [1.165, 1.54) is 19.2 Å². The molecule has 9 heteroatoms. The second-order valence-corrected chi connectivity index (χ2v) is 6.82. The van der Waals surface area contributed by atoms with Gasteiger partial charge < -0.3 is 19.9 Å². The number of carbonyl (C=O) groups excluding carboxylic acids is 1. The number of aryl methyl sites for hydroxylation is 1. The number of likely N-dealkylation sites (tertiary alicyclic amines) is 1. The van der Waals surface area contributed by atoms with Gasteiger partial charge in [-0.15, -0.1) is 0 Å². The van der Waals surface area contributed by atoms with Crippen LogP contribution < -0.4 is 4.90 Å². The van der Waals surface area contributed by atoms with Gasteiger partial charge in [0.1, 0.15) is 0 Å². The van der Waals surface area contributed by atoms with Crippen molar-refractivity contribution in [3.63, 3.8) is 0 Å². The summed E-state index contributed by atoms with van der Waals surface area (Å²) in [5, 5.41) is 11.1. The highest BCUT2D eigenvalue weighted by molar-refractivity contribution is 5.78. The van der Waals surface area contributed by atoms with Gasteiger partial charge in [-0.25, -0.2) is 0 Å². The van der Waals surface area contributed by atoms with E-state index in [-0.39, 0.29) is 11.7 Å². The van der Waals surface area contributed by atoms with Crippen LogP contribution in [0.4, 0.5) is 11.6 Å². The molecule has 0 aliphatic carbocycles. The van der Waals surface area contributed by atoms with Crippen molar-refractivity contribution >= 4 is 17.5 Å². The van der Waals surface area contributed by atoms with Crippen LogP contribution in [0.5, 0.6) is 0 Å². The molecule has 9 nitrogen and oxygen atoms in total. The standard InChI is InChI=1S/C16H26N6O3/c1-18-13-17-15(22(24)25)16(18)21-10-8-19(9-11-21)12-14(23)20-6-4-2-3-5-7-20/h13H,2-12H2,1H3. The predicted molar refractivity (Wildman–Crippen MR) is 93.6 cm³/mol. The lowest BCUT2D eigenvalue weighted by atomic mass is 10.2. The van der Waals surface area contributed by atoms with Gasteiger partial charge in [-0.05, 0) is 22.7 Å². The number of rotatable bonds is 4. The molecule has 0 bridgehead atoms. The highest BCUT2D eigenvalue weighted by atomic mass is 16.6. The molecule has 3 rings (SSSR count). The topological polar surface area (TPSA) is 87.7 Å². The molecular formula is C16H26N6O3. The molecule has 2 saturated heterocycles. The Morgan fingerprint density at radius 3 is 2.36 bits per heavy atom. The summed E-state index contributed by atoms with van der Waals surface area (Å²) < 4.78 is 1.69. The smallest absolute Gasteiger partial charge is 0.358 e. The number of amides is 1. The van der Waals surface area contributed by atoms with Crippen molar-refractivity contribution in [1.82, 2.24) is 19.4 Å². The van der Waals surface area contributed by atoms with E-state index in [9.17, 15) is 14.9 Å². The fraction of sp³-hybridized carbons (Fsp3) is 0.750. The average Bonchev–Trinajstić information content (AvgIpc) is 2.81. The third kappa shape index (κ3) is 4.09. The maximum Gasteiger partial charge on any atom is 0.406 e. The van der Waals surface area contributed by atoms with Gasteiger partial charge in [-0.1, -0.05) is 12.8 Å². The Morgan fingerprint density at radius 1 is 1.12 bits per heavy atom. The third-order valence-corrected chi connectivity index (χ3v) is 5.05. The zero-order chi connectivity index (χ0) is 17.8. The van der Waals surface area contributed by atoms with Gasteiger partial charge in [0.05, 0.1) is 6.54 Å². The molecule has 0 aromatic carbocycles. The molecule has 0 atom stereocenters. The van der Waals surface area contributed by atoms with Crippen molar-refractivity contribution in [2.24, 2.45) is 7.05 Å². The van der Waals surface area contributed by atoms with E-state index in [1.807, 2.05) is 9.80 Å². The number of imidazole rings is 1. The summed E-state index contributed by atoms with van der Waals surface area (Å²) in [6.07, 6.45) is 6.11. The first-order valence-corrected chi connectivity index (χ1v) is 8.97. The third-order valence-electron chi connectivity index (χ3n) is 5.05. The van der Waals surface area contributed by atoms with Crippen LogP contribution in [0.3, 0.4) is 0 Å². The van der Waals surface area contributed by atoms with Gasteiger partial charge in [0.25, 0.3) is 0 Å². The molecular weight excluding hydrogens is 324 g/mol. The molecule has 1 aromatic heterocycles. The van der Waals surface area contributed by atoms with E-state index in [0.29, 0.717) is 25.5 Å². The monoisotopic (exact) mass is 350 g/mol. The number of nitro groups is 1. The maximum atomic E-state index is 12.5. The molecule has 0 saturated carbocycles. The highest BCUT2D eigenvalue weighted by Crippen LogP contribution is 2.26. The summed E-state index contributed by atoms with van der Waals surface area (Å²) in [5.74, 6) is 0.655. The Labute approximate surface area is 147 Å². The zero-order valence-electron chi connectivity index (χ0n) is 14.8. The molecule has 1 aromatic rings. The van der Waals surface area contributed by atoms with Gasteiger partial charge >= 0.3 is 5.82 Å². The van der Waals surface area contributed by atoms with Crippen LogP contribution in [-0.2, 0) is 11.8 Å². The normalized spacial score (nSPS) is 19.7. The summed E-state index contributed by atoms with van der Waals surface area (Å²) >= 11 is 0. The molecule has 0 radical (unpaired) electrons. The molecule has 0 unspecified atom stereocenters. The van der Waals surface area contributed by atoms with Crippen molar-refractivity contribution < 1.29 is 9.72 Å². The molecule has 1 amide bonds. The number of piperazine rings is 1. The Kier molecular flexibility index (Phi) is 5.52. The quantitative estimate of drug-likeness (QED) is 0.591. The molecule has 25 heavy (non-hydrogen) atoms. The lowest BCUT2D eigenvalue weighted by Crippen LogP contribution is -2.50. The van der Waals surface area contributed by atoms with Crippen LogP contribution in [-0.4, -0.2) is 76.0 Å². The maximum absolute atomic E-state index is 12.5. The first-order valence-electron chi connectivity index (χ1n) is 8.97. The Balaban J connectivity index is 1.54. The molecule has 138 valence electrons. The van der Waals surface area contributed by atoms with Crippen LogP contribution in [0, 0.1) is 10.1 Å². The number of aromatic nitrogens is 2. The summed E-state index contributed by atoms with van der Waals surface area (Å²) in [6, 6.07) is 0. The molecule has 3 heterocycles. The minimum Gasteiger partial charge on any atom is -0.358 e. The predicted octanol–water partition coefficient (Wildman–Crippen LogP) is 0.853. The first-order chi connectivity index (χ1) is 12.1. The zero-order valence-corrected chi connectivity index (χ0v) is 14.8. The fourth-order valence-corrected chi connectivity index (χ4v) is 3.63. The summed E-state index contributed by atoms with van der Waals surface area (Å²) in [6.45, 7) is 4.96. The second kappa shape index (κ2) is 7.81. The van der Waals surface area contributed by atoms with E-state index >= 15 is 0 Å². The van der Waals surface area contributed by atoms with Crippen molar-refractivity contribution in [1.29, 1.82) is 0 Å². The highest BCUT2D eigenvalue weighted by Gasteiger charge is 2.29. The minimum atomic E-state index is -0.440. The van der Waals surface area contributed by atoms with Gasteiger partial charge in [0.15, 0.2) is 0 Å². The van der Waals surface area contributed by atoms with Crippen LogP contribution >= 0.6 is 0 Å². The molecule has 2 fully saturated rings. The SMILES string of the molecule is Cn1cnc([N+](=O)[O-])c1N1CCN(CC(=O)N2CCCCCC2)CC1. The Morgan fingerprint density at radius 2 is 1.76 bits per heavy atom. The van der Waals surface area contributed by atoms with Crippen molar-refractivity contribution in [3.8, 4) is 0 Å². The lowest BCUT2D eigenvalue weighted by molar-refractivity contribution is -0.388. The molecule has 2 aliphatic rings. The van der Waals surface area contributed by atoms with Crippen molar-refractivity contribution in [2.75, 3.05) is 50.7 Å². The second-order valence-electron chi connectivity index (χ2n) is 6.82. The van der Waals surface area contributed by atoms with Gasteiger partial charge in [-0.3, -0.25) is 14.3 Å². The van der Waals surface area contributed by atoms with Crippen LogP contribution in [0.15, 0.2) is 6.33 Å². The molecule has 2 aliphatic heterocycles. The number of hydrogen-bond donors (Lipinski definition) is 0. The molecule has 0 N–H and O–H groups in total. The molecule has 0 spiro atoms. The number of anilines is 1. The van der Waals surface area contributed by atoms with Crippen molar-refractivity contribution in [3.05, 3.63) is 16.4 Å². The van der Waals surface area contributed by atoms with Crippen LogP contribution in [0.1, 0.15) is 25.7 Å². The van der Waals surface area contributed by atoms with Gasteiger partial charge in [0, 0.05) is 46.3 Å². The number of hydrogen-bond acceptors (Lipinski definition) is 6. The Bertz CT molecular complexity index is 615. The van der Waals surface area contributed by atoms with E-state index in [2.05, 4.69) is 9.88 Å².